The number of ether oxygens (including phenoxy) is 2. The summed E-state index contributed by atoms with van der Waals surface area (Å²) < 4.78 is 17.0. The number of aromatic nitrogens is 1. The van der Waals surface area contributed by atoms with E-state index in [-0.39, 0.29) is 17.6 Å². The maximum atomic E-state index is 12.7. The molecule has 0 N–H and O–H groups in total. The highest BCUT2D eigenvalue weighted by atomic mass is 79.9. The molecule has 0 spiro atoms. The molecule has 4 rings (SSSR count). The third kappa shape index (κ3) is 3.28. The number of halogens is 1. The zero-order chi connectivity index (χ0) is 19.0. The number of likely N-dealkylation sites (tertiary alicyclic amines) is 1. The van der Waals surface area contributed by atoms with Crippen LogP contribution in [0.4, 0.5) is 0 Å². The fourth-order valence-corrected chi connectivity index (χ4v) is 3.24. The highest BCUT2D eigenvalue weighted by Gasteiger charge is 2.35. The van der Waals surface area contributed by atoms with Crippen LogP contribution < -0.4 is 15.1 Å². The van der Waals surface area contributed by atoms with Crippen molar-refractivity contribution in [2.45, 2.75) is 6.10 Å². The summed E-state index contributed by atoms with van der Waals surface area (Å²) in [5, 5.41) is 0.628. The van der Waals surface area contributed by atoms with E-state index in [1.807, 2.05) is 6.07 Å². The molecule has 7 nitrogen and oxygen atoms in total. The molecule has 0 aliphatic carbocycles. The van der Waals surface area contributed by atoms with E-state index < -0.39 is 5.63 Å². The molecule has 8 heteroatoms. The van der Waals surface area contributed by atoms with Crippen molar-refractivity contribution in [3.05, 3.63) is 63.1 Å². The molecule has 0 radical (unpaired) electrons. The van der Waals surface area contributed by atoms with Crippen molar-refractivity contribution in [2.24, 2.45) is 0 Å². The summed E-state index contributed by atoms with van der Waals surface area (Å²) >= 11 is 3.37. The summed E-state index contributed by atoms with van der Waals surface area (Å²) in [7, 11) is 1.49. The van der Waals surface area contributed by atoms with Gasteiger partial charge in [0, 0.05) is 11.6 Å². The summed E-state index contributed by atoms with van der Waals surface area (Å²) in [5.74, 6) is 0.544. The molecule has 0 unspecified atom stereocenters. The Labute approximate surface area is 162 Å². The second-order valence-corrected chi connectivity index (χ2v) is 6.92. The number of hydrogen-bond donors (Lipinski definition) is 0. The smallest absolute Gasteiger partial charge is 0.349 e. The zero-order valence-corrected chi connectivity index (χ0v) is 15.9. The van der Waals surface area contributed by atoms with E-state index in [0.29, 0.717) is 35.7 Å². The normalized spacial score (nSPS) is 14.1. The van der Waals surface area contributed by atoms with Gasteiger partial charge in [-0.1, -0.05) is 12.1 Å². The first-order valence-electron chi connectivity index (χ1n) is 8.24. The van der Waals surface area contributed by atoms with E-state index in [2.05, 4.69) is 20.9 Å². The molecule has 0 atom stereocenters. The first-order chi connectivity index (χ1) is 13.1. The lowest BCUT2D eigenvalue weighted by atomic mass is 10.1. The highest BCUT2D eigenvalue weighted by molar-refractivity contribution is 9.10. The van der Waals surface area contributed by atoms with E-state index in [1.54, 1.807) is 35.4 Å². The van der Waals surface area contributed by atoms with Crippen molar-refractivity contribution in [3.8, 4) is 11.6 Å². The lowest BCUT2D eigenvalue weighted by Crippen LogP contribution is -2.56. The lowest BCUT2D eigenvalue weighted by molar-refractivity contribution is 0.0154. The molecule has 0 saturated carbocycles. The minimum Gasteiger partial charge on any atom is -0.493 e. The van der Waals surface area contributed by atoms with Gasteiger partial charge < -0.3 is 18.8 Å². The third-order valence-electron chi connectivity index (χ3n) is 4.31. The number of pyridine rings is 1. The van der Waals surface area contributed by atoms with Gasteiger partial charge in [0.1, 0.15) is 11.7 Å². The van der Waals surface area contributed by atoms with Crippen LogP contribution in [0.1, 0.15) is 10.4 Å². The van der Waals surface area contributed by atoms with Crippen LogP contribution in [0.2, 0.25) is 0 Å². The predicted octanol–water partition coefficient (Wildman–Crippen LogP) is 2.86. The van der Waals surface area contributed by atoms with Gasteiger partial charge in [-0.25, -0.2) is 9.78 Å². The minimum absolute atomic E-state index is 0.00628. The van der Waals surface area contributed by atoms with Gasteiger partial charge in [-0.2, -0.15) is 0 Å². The first-order valence-corrected chi connectivity index (χ1v) is 9.03. The SMILES string of the molecule is COc1cccc2cc(C(=O)N3CC(Oc4ncccc4Br)C3)c(=O)oc12. The second kappa shape index (κ2) is 7.03. The molecular formula is C19H15BrN2O5. The largest absolute Gasteiger partial charge is 0.493 e. The predicted molar refractivity (Wildman–Crippen MR) is 101 cm³/mol. The molecule has 1 amide bonds. The van der Waals surface area contributed by atoms with Gasteiger partial charge in [-0.3, -0.25) is 4.79 Å². The fraction of sp³-hybridized carbons (Fsp3) is 0.211. The zero-order valence-electron chi connectivity index (χ0n) is 14.3. The standard InChI is InChI=1S/C19H15BrN2O5/c1-25-15-6-2-4-11-8-13(19(24)27-16(11)15)18(23)22-9-12(10-22)26-17-14(20)5-3-7-21-17/h2-8,12H,9-10H2,1H3. The number of amides is 1. The molecule has 27 heavy (non-hydrogen) atoms. The number of rotatable bonds is 4. The van der Waals surface area contributed by atoms with E-state index in [0.717, 1.165) is 4.47 Å². The Morgan fingerprint density at radius 1 is 1.30 bits per heavy atom. The number of para-hydroxylation sites is 1. The first kappa shape index (κ1) is 17.5. The van der Waals surface area contributed by atoms with Crippen LogP contribution in [-0.2, 0) is 0 Å². The molecule has 2 aromatic heterocycles. The van der Waals surface area contributed by atoms with Crippen LogP contribution in [-0.4, -0.2) is 42.1 Å². The monoisotopic (exact) mass is 430 g/mol. The molecule has 138 valence electrons. The van der Waals surface area contributed by atoms with Crippen molar-refractivity contribution in [3.63, 3.8) is 0 Å². The number of methoxy groups -OCH3 is 1. The summed E-state index contributed by atoms with van der Waals surface area (Å²) in [5.41, 5.74) is -0.367. The van der Waals surface area contributed by atoms with Crippen molar-refractivity contribution < 1.29 is 18.7 Å². The molecule has 1 aromatic carbocycles. The number of carbonyl (C=O) groups excluding carboxylic acids is 1. The van der Waals surface area contributed by atoms with E-state index in [9.17, 15) is 9.59 Å². The van der Waals surface area contributed by atoms with E-state index in [1.165, 1.54) is 13.2 Å². The Morgan fingerprint density at radius 2 is 2.11 bits per heavy atom. The highest BCUT2D eigenvalue weighted by Crippen LogP contribution is 2.27. The van der Waals surface area contributed by atoms with Crippen molar-refractivity contribution in [2.75, 3.05) is 20.2 Å². The van der Waals surface area contributed by atoms with Crippen molar-refractivity contribution in [1.82, 2.24) is 9.88 Å². The molecular weight excluding hydrogens is 416 g/mol. The van der Waals surface area contributed by atoms with Gasteiger partial charge in [0.05, 0.1) is 24.7 Å². The van der Waals surface area contributed by atoms with E-state index >= 15 is 0 Å². The molecule has 0 bridgehead atoms. The number of benzene rings is 1. The van der Waals surface area contributed by atoms with Crippen LogP contribution in [0.15, 0.2) is 56.3 Å². The van der Waals surface area contributed by atoms with E-state index in [4.69, 9.17) is 13.9 Å². The van der Waals surface area contributed by atoms with Crippen LogP contribution in [0, 0.1) is 0 Å². The fourth-order valence-electron chi connectivity index (χ4n) is 2.89. The topological polar surface area (TPSA) is 81.9 Å². The maximum absolute atomic E-state index is 12.7. The molecule has 3 aromatic rings. The van der Waals surface area contributed by atoms with Crippen molar-refractivity contribution >= 4 is 32.8 Å². The summed E-state index contributed by atoms with van der Waals surface area (Å²) in [6, 6.07) is 10.4. The van der Waals surface area contributed by atoms with Gasteiger partial charge in [0.15, 0.2) is 11.3 Å². The number of carbonyl (C=O) groups is 1. The quantitative estimate of drug-likeness (QED) is 0.591. The summed E-state index contributed by atoms with van der Waals surface area (Å²) in [6.45, 7) is 0.745. The molecule has 1 fully saturated rings. The van der Waals surface area contributed by atoms with Gasteiger partial charge >= 0.3 is 5.63 Å². The van der Waals surface area contributed by atoms with Gasteiger partial charge in [-0.05, 0) is 40.2 Å². The summed E-state index contributed by atoms with van der Waals surface area (Å²) in [6.07, 6.45) is 1.46. The van der Waals surface area contributed by atoms with Crippen LogP contribution >= 0.6 is 15.9 Å². The Balaban J connectivity index is 1.50. The number of hydrogen-bond acceptors (Lipinski definition) is 6. The van der Waals surface area contributed by atoms with Crippen LogP contribution in [0.25, 0.3) is 11.0 Å². The maximum Gasteiger partial charge on any atom is 0.349 e. The summed E-state index contributed by atoms with van der Waals surface area (Å²) in [4.78, 5) is 30.6. The Bertz CT molecular complexity index is 1080. The third-order valence-corrected chi connectivity index (χ3v) is 4.92. The Kier molecular flexibility index (Phi) is 4.57. The van der Waals surface area contributed by atoms with Gasteiger partial charge in [0.2, 0.25) is 5.88 Å². The van der Waals surface area contributed by atoms with Crippen LogP contribution in [0.3, 0.4) is 0 Å². The molecule has 1 aliphatic heterocycles. The van der Waals surface area contributed by atoms with Crippen LogP contribution in [0.5, 0.6) is 11.6 Å². The Morgan fingerprint density at radius 3 is 2.85 bits per heavy atom. The molecule has 1 aliphatic rings. The second-order valence-electron chi connectivity index (χ2n) is 6.07. The van der Waals surface area contributed by atoms with Crippen molar-refractivity contribution in [1.29, 1.82) is 0 Å². The molecule has 3 heterocycles. The average molecular weight is 431 g/mol. The number of nitrogens with zero attached hydrogens (tertiary/aromatic N) is 2. The minimum atomic E-state index is -0.686. The number of fused-ring (bicyclic) bond motifs is 1. The molecule has 1 saturated heterocycles. The van der Waals surface area contributed by atoms with Gasteiger partial charge in [0.25, 0.3) is 5.91 Å². The average Bonchev–Trinajstić information content (AvgIpc) is 2.64. The lowest BCUT2D eigenvalue weighted by Gasteiger charge is -2.38. The Hall–Kier alpha value is -2.87. The van der Waals surface area contributed by atoms with Gasteiger partial charge in [-0.15, -0.1) is 0 Å².